The van der Waals surface area contributed by atoms with Crippen LogP contribution in [0.2, 0.25) is 0 Å². The second-order valence-corrected chi connectivity index (χ2v) is 34.5. The molecule has 0 aromatic carbocycles. The lowest BCUT2D eigenvalue weighted by atomic mass is 9.96. The van der Waals surface area contributed by atoms with Crippen LogP contribution in [0.1, 0.15) is 431 Å². The summed E-state index contributed by atoms with van der Waals surface area (Å²) in [5.41, 5.74) is 0. The van der Waals surface area contributed by atoms with E-state index in [1.807, 2.05) is 6.08 Å². The number of amides is 1. The number of ether oxygens (including phenoxy) is 6. The number of hydrogen-bond acceptors (Lipinski definition) is 18. The second-order valence-electron chi connectivity index (χ2n) is 34.5. The van der Waals surface area contributed by atoms with E-state index in [0.717, 1.165) is 44.9 Å². The minimum absolute atomic E-state index is 0.237. The van der Waals surface area contributed by atoms with E-state index in [1.54, 1.807) is 6.08 Å². The van der Waals surface area contributed by atoms with Crippen LogP contribution in [0.4, 0.5) is 0 Å². The predicted molar refractivity (Wildman–Crippen MR) is 462 cm³/mol. The summed E-state index contributed by atoms with van der Waals surface area (Å²) in [5, 5.41) is 121. The molecule has 12 N–H and O–H groups in total. The SMILES string of the molecule is CCCCCCCCCCCCCCCCCCCCCCCCC/C=C/CC/C=C/CC/C=C/C(O)C(COC1OC(CO)C(OC2OC(CO)C(OC3OC(CO)C(O)C(O)C3O)C(O)C2O)C(O)C1O)NC(=O)CCCCCCCCCCCCCCCCCCCCCCCCCCCCCCCCCCCCCC. The van der Waals surface area contributed by atoms with Crippen molar-refractivity contribution in [1.29, 1.82) is 0 Å². The Bertz CT molecular complexity index is 2190. The Hall–Kier alpha value is -1.99. The molecule has 3 saturated heterocycles. The van der Waals surface area contributed by atoms with E-state index in [2.05, 4.69) is 43.5 Å². The van der Waals surface area contributed by atoms with Crippen LogP contribution in [-0.4, -0.2) is 193 Å². The fourth-order valence-corrected chi connectivity index (χ4v) is 16.5. The van der Waals surface area contributed by atoms with Gasteiger partial charge in [0.25, 0.3) is 0 Å². The van der Waals surface area contributed by atoms with Gasteiger partial charge in [0, 0.05) is 6.42 Å². The maximum atomic E-state index is 13.5. The molecule has 19 nitrogen and oxygen atoms in total. The van der Waals surface area contributed by atoms with E-state index >= 15 is 0 Å². The van der Waals surface area contributed by atoms with Crippen molar-refractivity contribution in [2.45, 2.75) is 535 Å². The summed E-state index contributed by atoms with van der Waals surface area (Å²) in [6.45, 7) is 1.79. The van der Waals surface area contributed by atoms with Crippen molar-refractivity contribution in [3.8, 4) is 0 Å². The molecule has 19 heteroatoms. The number of aliphatic hydroxyl groups is 11. The van der Waals surface area contributed by atoms with Crippen molar-refractivity contribution in [3.63, 3.8) is 0 Å². The van der Waals surface area contributed by atoms with Crippen LogP contribution in [0, 0.1) is 0 Å². The van der Waals surface area contributed by atoms with Crippen molar-refractivity contribution < 1.29 is 89.4 Å². The first-order chi connectivity index (χ1) is 55.8. The Labute approximate surface area is 695 Å². The molecule has 3 aliphatic heterocycles. The van der Waals surface area contributed by atoms with Crippen LogP contribution in [0.15, 0.2) is 36.5 Å². The van der Waals surface area contributed by atoms with Crippen LogP contribution >= 0.6 is 0 Å². The van der Waals surface area contributed by atoms with E-state index in [9.17, 15) is 61.0 Å². The minimum atomic E-state index is -1.98. The zero-order valence-electron chi connectivity index (χ0n) is 72.8. The highest BCUT2D eigenvalue weighted by molar-refractivity contribution is 5.76. The zero-order valence-corrected chi connectivity index (χ0v) is 72.8. The van der Waals surface area contributed by atoms with Crippen molar-refractivity contribution in [2.24, 2.45) is 0 Å². The van der Waals surface area contributed by atoms with Gasteiger partial charge in [-0.2, -0.15) is 0 Å². The average molecular weight is 1620 g/mol. The van der Waals surface area contributed by atoms with Gasteiger partial charge in [-0.25, -0.2) is 0 Å². The van der Waals surface area contributed by atoms with Crippen LogP contribution in [0.25, 0.3) is 0 Å². The number of hydrogen-bond donors (Lipinski definition) is 12. The zero-order chi connectivity index (χ0) is 82.4. The Morgan fingerprint density at radius 1 is 0.307 bits per heavy atom. The Morgan fingerprint density at radius 3 is 0.877 bits per heavy atom. The lowest BCUT2D eigenvalue weighted by Gasteiger charge is -2.48. The van der Waals surface area contributed by atoms with E-state index < -0.39 is 124 Å². The molecule has 0 spiro atoms. The van der Waals surface area contributed by atoms with Crippen molar-refractivity contribution >= 4 is 5.91 Å². The monoisotopic (exact) mass is 1620 g/mol. The van der Waals surface area contributed by atoms with Gasteiger partial charge < -0.3 is 89.9 Å². The molecular weight excluding hydrogens is 1440 g/mol. The molecule has 672 valence electrons. The van der Waals surface area contributed by atoms with Gasteiger partial charge in [-0.15, -0.1) is 0 Å². The maximum absolute atomic E-state index is 13.5. The van der Waals surface area contributed by atoms with Crippen LogP contribution < -0.4 is 5.32 Å². The van der Waals surface area contributed by atoms with Gasteiger partial charge in [-0.1, -0.05) is 416 Å². The number of carbonyl (C=O) groups excluding carboxylic acids is 1. The Balaban J connectivity index is 1.31. The number of aliphatic hydroxyl groups excluding tert-OH is 11. The van der Waals surface area contributed by atoms with Crippen LogP contribution in [0.5, 0.6) is 0 Å². The molecule has 0 aliphatic carbocycles. The summed E-state index contributed by atoms with van der Waals surface area (Å²) < 4.78 is 34.5. The smallest absolute Gasteiger partial charge is 0.220 e. The molecule has 0 radical (unpaired) electrons. The maximum Gasteiger partial charge on any atom is 0.220 e. The Morgan fingerprint density at radius 2 is 0.561 bits per heavy atom. The Kier molecular flexibility index (Phi) is 69.7. The number of carbonyl (C=O) groups is 1. The van der Waals surface area contributed by atoms with Gasteiger partial charge in [-0.05, 0) is 44.9 Å². The molecule has 0 aromatic rings. The second kappa shape index (κ2) is 74.8. The number of allylic oxidation sites excluding steroid dienone is 5. The molecule has 0 saturated carbocycles. The first-order valence-electron chi connectivity index (χ1n) is 48.2. The third-order valence-electron chi connectivity index (χ3n) is 24.2. The van der Waals surface area contributed by atoms with Crippen LogP contribution in [-0.2, 0) is 33.2 Å². The van der Waals surface area contributed by atoms with Crippen molar-refractivity contribution in [1.82, 2.24) is 5.32 Å². The highest BCUT2D eigenvalue weighted by atomic mass is 16.8. The summed E-state index contributed by atoms with van der Waals surface area (Å²) in [4.78, 5) is 13.5. The third kappa shape index (κ3) is 52.4. The van der Waals surface area contributed by atoms with Gasteiger partial charge >= 0.3 is 0 Å². The van der Waals surface area contributed by atoms with Gasteiger partial charge in [0.15, 0.2) is 18.9 Å². The normalized spacial score (nSPS) is 24.8. The summed E-state index contributed by atoms with van der Waals surface area (Å²) in [7, 11) is 0. The fraction of sp³-hybridized carbons (Fsp3) is 0.926. The van der Waals surface area contributed by atoms with E-state index in [1.165, 1.54) is 353 Å². The molecule has 3 aliphatic rings. The summed E-state index contributed by atoms with van der Waals surface area (Å²) in [5.74, 6) is -0.280. The molecule has 114 heavy (non-hydrogen) atoms. The van der Waals surface area contributed by atoms with Gasteiger partial charge in [0.1, 0.15) is 73.2 Å². The largest absolute Gasteiger partial charge is 0.394 e. The van der Waals surface area contributed by atoms with E-state index in [4.69, 9.17) is 28.4 Å². The predicted octanol–water partition coefficient (Wildman–Crippen LogP) is 19.4. The van der Waals surface area contributed by atoms with Gasteiger partial charge in [0.2, 0.25) is 5.91 Å². The molecule has 3 rings (SSSR count). The fourth-order valence-electron chi connectivity index (χ4n) is 16.5. The lowest BCUT2D eigenvalue weighted by Crippen LogP contribution is -2.66. The molecule has 17 unspecified atom stereocenters. The third-order valence-corrected chi connectivity index (χ3v) is 24.2. The highest BCUT2D eigenvalue weighted by Crippen LogP contribution is 2.34. The number of nitrogens with one attached hydrogen (secondary N) is 1. The molecule has 0 aromatic heterocycles. The van der Waals surface area contributed by atoms with Crippen LogP contribution in [0.3, 0.4) is 0 Å². The number of rotatable bonds is 80. The minimum Gasteiger partial charge on any atom is -0.394 e. The quantitative estimate of drug-likeness (QED) is 0.0199. The summed E-state index contributed by atoms with van der Waals surface area (Å²) >= 11 is 0. The average Bonchev–Trinajstić information content (AvgIpc) is 0.799. The standard InChI is InChI=1S/C95H179NO18/c1-3-5-7-9-11-13-15-17-19-21-23-25-27-29-31-33-35-37-38-39-41-43-45-47-49-51-53-55-57-59-61-63-65-67-69-71-73-83(101)96-78(79(100)72-70-68-66-64-62-60-58-56-54-52-50-48-46-44-42-40-36-34-32-30-28-26-24-22-20-18-16-14-12-10-8-6-4-2)77-109-93-89(107)86(104)91(81(75-98)111-93)114-95-90(108)87(105)92(82(76-99)112-95)113-94-88(106)85(103)84(102)80(74-97)110-94/h54,56,62,64,70,72,78-82,84-95,97-100,102-108H,3-53,55,57-61,63,65-69,71,73-77H2,1-2H3,(H,96,101)/b56-54+,64-62+,72-70+. The topological polar surface area (TPSA) is 307 Å². The van der Waals surface area contributed by atoms with E-state index in [-0.39, 0.29) is 18.9 Å². The molecule has 0 bridgehead atoms. The van der Waals surface area contributed by atoms with Crippen molar-refractivity contribution in [3.05, 3.63) is 36.5 Å². The van der Waals surface area contributed by atoms with Crippen molar-refractivity contribution in [2.75, 3.05) is 26.4 Å². The molecule has 3 heterocycles. The van der Waals surface area contributed by atoms with Gasteiger partial charge in [-0.3, -0.25) is 4.79 Å². The molecular formula is C95H179NO18. The molecule has 1 amide bonds. The molecule has 17 atom stereocenters. The first-order valence-corrected chi connectivity index (χ1v) is 48.2. The highest BCUT2D eigenvalue weighted by Gasteiger charge is 2.54. The first kappa shape index (κ1) is 106. The summed E-state index contributed by atoms with van der Waals surface area (Å²) in [6.07, 6.45) is 70.5. The molecule has 3 fully saturated rings. The van der Waals surface area contributed by atoms with E-state index in [0.29, 0.717) is 12.8 Å². The lowest BCUT2D eigenvalue weighted by molar-refractivity contribution is -0.379. The number of unbranched alkanes of at least 4 members (excludes halogenated alkanes) is 60. The van der Waals surface area contributed by atoms with Gasteiger partial charge in [0.05, 0.1) is 38.6 Å². The summed E-state index contributed by atoms with van der Waals surface area (Å²) in [6, 6.07) is -0.998.